The van der Waals surface area contributed by atoms with Crippen molar-refractivity contribution >= 4 is 5.95 Å². The predicted molar refractivity (Wildman–Crippen MR) is 124 cm³/mol. The van der Waals surface area contributed by atoms with Gasteiger partial charge in [0.1, 0.15) is 6.07 Å². The summed E-state index contributed by atoms with van der Waals surface area (Å²) in [7, 11) is 0. The van der Waals surface area contributed by atoms with Crippen LogP contribution in [0, 0.1) is 11.3 Å². The first kappa shape index (κ1) is 24.0. The maximum Gasteiger partial charge on any atom is 0.223 e. The van der Waals surface area contributed by atoms with Crippen LogP contribution in [-0.2, 0) is 9.47 Å². The number of rotatable bonds is 7. The Morgan fingerprint density at radius 1 is 0.969 bits per heavy atom. The van der Waals surface area contributed by atoms with Crippen molar-refractivity contribution in [3.63, 3.8) is 0 Å². The molecule has 3 N–H and O–H groups in total. The van der Waals surface area contributed by atoms with E-state index >= 15 is 0 Å². The van der Waals surface area contributed by atoms with E-state index < -0.39 is 0 Å². The average Bonchev–Trinajstić information content (AvgIpc) is 2.86. The zero-order chi connectivity index (χ0) is 22.4. The molecule has 2 saturated heterocycles. The summed E-state index contributed by atoms with van der Waals surface area (Å²) in [5.41, 5.74) is 7.44. The summed E-state index contributed by atoms with van der Waals surface area (Å²) < 4.78 is 10.5. The van der Waals surface area contributed by atoms with Gasteiger partial charge in [-0.25, -0.2) is 9.97 Å². The van der Waals surface area contributed by atoms with Gasteiger partial charge in [0.05, 0.1) is 43.9 Å². The Hall–Kier alpha value is -2.61. The van der Waals surface area contributed by atoms with Crippen LogP contribution in [0.2, 0.25) is 0 Å². The Balaban J connectivity index is 0.000000269. The SMILES string of the molecule is N#Cc1cnc(NCCN2CCOCC2)nc1-c1ccccc1.NCCN1CCOCC1. The minimum absolute atomic E-state index is 0.481. The van der Waals surface area contributed by atoms with Gasteiger partial charge < -0.3 is 20.5 Å². The summed E-state index contributed by atoms with van der Waals surface area (Å²) in [6.45, 7) is 10.8. The van der Waals surface area contributed by atoms with E-state index in [4.69, 9.17) is 15.2 Å². The molecule has 0 saturated carbocycles. The molecule has 2 fully saturated rings. The van der Waals surface area contributed by atoms with Crippen LogP contribution in [0.3, 0.4) is 0 Å². The Kier molecular flexibility index (Phi) is 10.3. The van der Waals surface area contributed by atoms with Crippen LogP contribution in [0.4, 0.5) is 5.95 Å². The van der Waals surface area contributed by atoms with E-state index in [1.54, 1.807) is 6.20 Å². The Labute approximate surface area is 190 Å². The van der Waals surface area contributed by atoms with E-state index in [-0.39, 0.29) is 0 Å². The Morgan fingerprint density at radius 2 is 1.59 bits per heavy atom. The fourth-order valence-corrected chi connectivity index (χ4v) is 3.52. The summed E-state index contributed by atoms with van der Waals surface area (Å²) in [4.78, 5) is 13.4. The third-order valence-corrected chi connectivity index (χ3v) is 5.32. The molecule has 1 aromatic heterocycles. The minimum Gasteiger partial charge on any atom is -0.379 e. The molecule has 0 aliphatic carbocycles. The number of hydrogen-bond acceptors (Lipinski definition) is 9. The zero-order valence-corrected chi connectivity index (χ0v) is 18.6. The van der Waals surface area contributed by atoms with Crippen LogP contribution < -0.4 is 11.1 Å². The second kappa shape index (κ2) is 13.7. The summed E-state index contributed by atoms with van der Waals surface area (Å²) in [6, 6.07) is 11.9. The van der Waals surface area contributed by atoms with E-state index in [9.17, 15) is 5.26 Å². The monoisotopic (exact) mass is 439 g/mol. The molecule has 0 atom stereocenters. The third kappa shape index (κ3) is 7.82. The maximum absolute atomic E-state index is 9.25. The van der Waals surface area contributed by atoms with Crippen LogP contribution >= 0.6 is 0 Å². The van der Waals surface area contributed by atoms with Crippen molar-refractivity contribution in [1.29, 1.82) is 5.26 Å². The lowest BCUT2D eigenvalue weighted by molar-refractivity contribution is 0.0394. The minimum atomic E-state index is 0.481. The van der Waals surface area contributed by atoms with E-state index in [0.29, 0.717) is 17.2 Å². The number of nitrogens with one attached hydrogen (secondary N) is 1. The molecule has 9 nitrogen and oxygen atoms in total. The van der Waals surface area contributed by atoms with Gasteiger partial charge in [-0.2, -0.15) is 5.26 Å². The lowest BCUT2D eigenvalue weighted by atomic mass is 10.1. The number of aromatic nitrogens is 2. The Bertz CT molecular complexity index is 829. The van der Waals surface area contributed by atoms with Crippen LogP contribution in [0.25, 0.3) is 11.3 Å². The highest BCUT2D eigenvalue weighted by Crippen LogP contribution is 2.21. The standard InChI is InChI=1S/C17H19N5O.C6H14N2O/c18-12-15-13-20-17(19-6-7-22-8-10-23-11-9-22)21-16(15)14-4-2-1-3-5-14;7-1-2-8-3-5-9-6-4-8/h1-5,13H,6-11H2,(H,19,20,21);1-7H2. The van der Waals surface area contributed by atoms with Crippen LogP contribution in [0.15, 0.2) is 36.5 Å². The fraction of sp³-hybridized carbons (Fsp3) is 0.522. The van der Waals surface area contributed by atoms with E-state index in [2.05, 4.69) is 31.2 Å². The van der Waals surface area contributed by atoms with Gasteiger partial charge in [0.15, 0.2) is 0 Å². The topological polar surface area (TPSA) is 113 Å². The van der Waals surface area contributed by atoms with Crippen molar-refractivity contribution in [2.45, 2.75) is 0 Å². The van der Waals surface area contributed by atoms with Gasteiger partial charge in [-0.3, -0.25) is 9.80 Å². The smallest absolute Gasteiger partial charge is 0.223 e. The molecule has 4 rings (SSSR count). The molecule has 0 unspecified atom stereocenters. The number of nitriles is 1. The van der Waals surface area contributed by atoms with Gasteiger partial charge >= 0.3 is 0 Å². The summed E-state index contributed by atoms with van der Waals surface area (Å²) >= 11 is 0. The molecule has 1 aromatic carbocycles. The quantitative estimate of drug-likeness (QED) is 0.653. The van der Waals surface area contributed by atoms with Gasteiger partial charge in [0.2, 0.25) is 5.95 Å². The summed E-state index contributed by atoms with van der Waals surface area (Å²) in [5, 5.41) is 12.5. The van der Waals surface area contributed by atoms with Crippen molar-refractivity contribution in [3.05, 3.63) is 42.1 Å². The van der Waals surface area contributed by atoms with Crippen LogP contribution in [0.1, 0.15) is 5.56 Å². The van der Waals surface area contributed by atoms with Crippen molar-refractivity contribution in [2.75, 3.05) is 84.1 Å². The lowest BCUT2D eigenvalue weighted by Gasteiger charge is -2.26. The molecule has 172 valence electrons. The van der Waals surface area contributed by atoms with Gasteiger partial charge in [0, 0.05) is 57.9 Å². The average molecular weight is 440 g/mol. The third-order valence-electron chi connectivity index (χ3n) is 5.32. The highest BCUT2D eigenvalue weighted by Gasteiger charge is 2.11. The molecule has 9 heteroatoms. The van der Waals surface area contributed by atoms with Crippen molar-refractivity contribution in [1.82, 2.24) is 19.8 Å². The normalized spacial score (nSPS) is 17.1. The Morgan fingerprint density at radius 3 is 2.19 bits per heavy atom. The van der Waals surface area contributed by atoms with Crippen LogP contribution in [0.5, 0.6) is 0 Å². The molecule has 2 aliphatic rings. The number of morpholine rings is 2. The number of ether oxygens (including phenoxy) is 2. The van der Waals surface area contributed by atoms with Gasteiger partial charge in [-0.15, -0.1) is 0 Å². The number of nitrogens with zero attached hydrogens (tertiary/aromatic N) is 5. The molecule has 0 spiro atoms. The molecule has 3 heterocycles. The molecular weight excluding hydrogens is 406 g/mol. The van der Waals surface area contributed by atoms with Crippen molar-refractivity contribution in [3.8, 4) is 17.3 Å². The second-order valence-electron chi connectivity index (χ2n) is 7.56. The summed E-state index contributed by atoms with van der Waals surface area (Å²) in [6.07, 6.45) is 1.58. The second-order valence-corrected chi connectivity index (χ2v) is 7.56. The number of nitrogens with two attached hydrogens (primary N) is 1. The highest BCUT2D eigenvalue weighted by molar-refractivity contribution is 5.66. The molecule has 0 amide bonds. The number of hydrogen-bond donors (Lipinski definition) is 2. The first-order chi connectivity index (χ1) is 15.8. The fourth-order valence-electron chi connectivity index (χ4n) is 3.52. The molecular formula is C23H33N7O2. The molecule has 2 aromatic rings. The van der Waals surface area contributed by atoms with E-state index in [1.807, 2.05) is 30.3 Å². The molecule has 0 radical (unpaired) electrons. The van der Waals surface area contributed by atoms with Gasteiger partial charge in [0.25, 0.3) is 0 Å². The largest absolute Gasteiger partial charge is 0.379 e. The number of benzene rings is 1. The van der Waals surface area contributed by atoms with Crippen LogP contribution in [-0.4, -0.2) is 98.6 Å². The maximum atomic E-state index is 9.25. The predicted octanol–water partition coefficient (Wildman–Crippen LogP) is 1.04. The van der Waals surface area contributed by atoms with Gasteiger partial charge in [-0.05, 0) is 0 Å². The summed E-state index contributed by atoms with van der Waals surface area (Å²) in [5.74, 6) is 0.552. The van der Waals surface area contributed by atoms with E-state index in [0.717, 1.165) is 84.3 Å². The zero-order valence-electron chi connectivity index (χ0n) is 18.6. The lowest BCUT2D eigenvalue weighted by Crippen LogP contribution is -2.39. The van der Waals surface area contributed by atoms with Crippen molar-refractivity contribution in [2.24, 2.45) is 5.73 Å². The number of anilines is 1. The van der Waals surface area contributed by atoms with Gasteiger partial charge in [-0.1, -0.05) is 30.3 Å². The molecule has 32 heavy (non-hydrogen) atoms. The van der Waals surface area contributed by atoms with E-state index in [1.165, 1.54) is 0 Å². The first-order valence-corrected chi connectivity index (χ1v) is 11.2. The first-order valence-electron chi connectivity index (χ1n) is 11.2. The highest BCUT2D eigenvalue weighted by atomic mass is 16.5. The molecule has 2 aliphatic heterocycles. The molecule has 0 bridgehead atoms. The van der Waals surface area contributed by atoms with Crippen molar-refractivity contribution < 1.29 is 9.47 Å².